The molecule has 6 nitrogen and oxygen atoms in total. The molecule has 160 valence electrons. The van der Waals surface area contributed by atoms with Crippen LogP contribution in [0.5, 0.6) is 11.5 Å². The van der Waals surface area contributed by atoms with Gasteiger partial charge in [-0.25, -0.2) is 4.39 Å². The molecule has 4 rings (SSSR count). The minimum absolute atomic E-state index is 0.230. The number of amides is 1. The molecule has 0 aliphatic rings. The molecule has 0 unspecified atom stereocenters. The number of halogens is 1. The molecule has 0 spiro atoms. The Bertz CT molecular complexity index is 1210. The van der Waals surface area contributed by atoms with Gasteiger partial charge < -0.3 is 23.8 Å². The molecule has 2 aromatic heterocycles. The van der Waals surface area contributed by atoms with Gasteiger partial charge >= 0.3 is 0 Å². The second-order valence-electron chi connectivity index (χ2n) is 7.07. The summed E-state index contributed by atoms with van der Waals surface area (Å²) >= 11 is 0. The summed E-state index contributed by atoms with van der Waals surface area (Å²) in [5.41, 5.74) is 3.26. The van der Waals surface area contributed by atoms with Gasteiger partial charge in [-0.2, -0.15) is 0 Å². The Kier molecular flexibility index (Phi) is 5.93. The van der Waals surface area contributed by atoms with Gasteiger partial charge in [0.1, 0.15) is 11.5 Å². The Morgan fingerprint density at radius 3 is 2.65 bits per heavy atom. The van der Waals surface area contributed by atoms with E-state index in [1.165, 1.54) is 6.07 Å². The predicted molar refractivity (Wildman–Crippen MR) is 115 cm³/mol. The highest BCUT2D eigenvalue weighted by molar-refractivity contribution is 5.97. The van der Waals surface area contributed by atoms with Crippen molar-refractivity contribution < 1.29 is 23.1 Å². The summed E-state index contributed by atoms with van der Waals surface area (Å²) < 4.78 is 32.0. The van der Waals surface area contributed by atoms with Gasteiger partial charge in [0.2, 0.25) is 0 Å². The first-order valence-corrected chi connectivity index (χ1v) is 9.90. The van der Waals surface area contributed by atoms with Gasteiger partial charge in [-0.05, 0) is 30.2 Å². The fourth-order valence-electron chi connectivity index (χ4n) is 3.58. The highest BCUT2D eigenvalue weighted by atomic mass is 19.1. The molecule has 2 aromatic carbocycles. The first-order valence-electron chi connectivity index (χ1n) is 9.90. The fraction of sp³-hybridized carbons (Fsp3) is 0.208. The third kappa shape index (κ3) is 4.26. The van der Waals surface area contributed by atoms with Crippen molar-refractivity contribution in [2.24, 2.45) is 0 Å². The van der Waals surface area contributed by atoms with Crippen LogP contribution in [0.15, 0.2) is 65.3 Å². The van der Waals surface area contributed by atoms with Gasteiger partial charge in [-0.15, -0.1) is 0 Å². The predicted octanol–water partition coefficient (Wildman–Crippen LogP) is 4.41. The number of aromatic nitrogens is 1. The third-order valence-corrected chi connectivity index (χ3v) is 5.19. The van der Waals surface area contributed by atoms with Crippen LogP contribution in [0.25, 0.3) is 11.1 Å². The first kappa shape index (κ1) is 20.5. The van der Waals surface area contributed by atoms with Crippen LogP contribution in [0, 0.1) is 5.82 Å². The van der Waals surface area contributed by atoms with Crippen molar-refractivity contribution in [1.29, 1.82) is 0 Å². The van der Waals surface area contributed by atoms with Gasteiger partial charge in [0, 0.05) is 24.2 Å². The Morgan fingerprint density at radius 2 is 1.87 bits per heavy atom. The van der Waals surface area contributed by atoms with E-state index in [2.05, 4.69) is 5.32 Å². The number of carbonyl (C=O) groups is 1. The molecule has 0 saturated carbocycles. The van der Waals surface area contributed by atoms with Crippen molar-refractivity contribution in [2.45, 2.75) is 13.0 Å². The second kappa shape index (κ2) is 8.95. The average molecular weight is 422 g/mol. The van der Waals surface area contributed by atoms with E-state index < -0.39 is 0 Å². The summed E-state index contributed by atoms with van der Waals surface area (Å²) in [6.07, 6.45) is 2.18. The third-order valence-electron chi connectivity index (χ3n) is 5.19. The van der Waals surface area contributed by atoms with E-state index in [9.17, 15) is 9.18 Å². The number of fused-ring (bicyclic) bond motifs is 1. The smallest absolute Gasteiger partial charge is 0.268 e. The zero-order chi connectivity index (χ0) is 21.8. The van der Waals surface area contributed by atoms with Crippen LogP contribution in [-0.2, 0) is 13.0 Å². The van der Waals surface area contributed by atoms with Gasteiger partial charge in [0.05, 0.1) is 32.5 Å². The lowest BCUT2D eigenvalue weighted by Gasteiger charge is -2.12. The van der Waals surface area contributed by atoms with Gasteiger partial charge in [-0.1, -0.05) is 24.3 Å². The summed E-state index contributed by atoms with van der Waals surface area (Å²) in [5, 5.41) is 2.94. The summed E-state index contributed by atoms with van der Waals surface area (Å²) in [6, 6.07) is 15.7. The van der Waals surface area contributed by atoms with Crippen LogP contribution >= 0.6 is 0 Å². The lowest BCUT2D eigenvalue weighted by molar-refractivity contribution is 0.0945. The number of furan rings is 1. The molecule has 4 aromatic rings. The minimum Gasteiger partial charge on any atom is -0.493 e. The Labute approximate surface area is 179 Å². The van der Waals surface area contributed by atoms with Crippen LogP contribution in [0.3, 0.4) is 0 Å². The maximum atomic E-state index is 14.2. The highest BCUT2D eigenvalue weighted by Gasteiger charge is 2.18. The molecule has 31 heavy (non-hydrogen) atoms. The lowest BCUT2D eigenvalue weighted by atomic mass is 10.1. The van der Waals surface area contributed by atoms with Crippen molar-refractivity contribution in [1.82, 2.24) is 9.88 Å². The van der Waals surface area contributed by atoms with E-state index in [0.717, 1.165) is 11.1 Å². The van der Waals surface area contributed by atoms with E-state index in [-0.39, 0.29) is 18.3 Å². The Morgan fingerprint density at radius 1 is 1.06 bits per heavy atom. The molecule has 0 aliphatic heterocycles. The topological polar surface area (TPSA) is 65.6 Å². The number of rotatable bonds is 8. The van der Waals surface area contributed by atoms with Crippen LogP contribution in [0.2, 0.25) is 0 Å². The molecular weight excluding hydrogens is 399 g/mol. The SMILES string of the molecule is COc1ccc(CCNC(=O)c2cc3occc3n2Cc2ccccc2F)cc1OC. The van der Waals surface area contributed by atoms with Gasteiger partial charge in [0.25, 0.3) is 5.91 Å². The summed E-state index contributed by atoms with van der Waals surface area (Å²) in [5.74, 6) is 0.741. The number of methoxy groups -OCH3 is 2. The second-order valence-corrected chi connectivity index (χ2v) is 7.07. The molecule has 2 heterocycles. The molecule has 0 aliphatic carbocycles. The fourth-order valence-corrected chi connectivity index (χ4v) is 3.58. The van der Waals surface area contributed by atoms with Crippen LogP contribution in [-0.4, -0.2) is 31.2 Å². The van der Waals surface area contributed by atoms with E-state index in [1.807, 2.05) is 18.2 Å². The van der Waals surface area contributed by atoms with Gasteiger partial charge in [0.15, 0.2) is 17.1 Å². The zero-order valence-electron chi connectivity index (χ0n) is 17.4. The normalized spacial score (nSPS) is 10.9. The van der Waals surface area contributed by atoms with Crippen LogP contribution in [0.4, 0.5) is 4.39 Å². The number of ether oxygens (including phenoxy) is 2. The lowest BCUT2D eigenvalue weighted by Crippen LogP contribution is -2.28. The van der Waals surface area contributed by atoms with Crippen molar-refractivity contribution in [3.05, 3.63) is 83.5 Å². The summed E-state index contributed by atoms with van der Waals surface area (Å²) in [4.78, 5) is 12.9. The van der Waals surface area contributed by atoms with E-state index in [4.69, 9.17) is 13.9 Å². The first-order chi connectivity index (χ1) is 15.1. The van der Waals surface area contributed by atoms with Crippen LogP contribution in [0.1, 0.15) is 21.6 Å². The van der Waals surface area contributed by atoms with Crippen molar-refractivity contribution in [3.63, 3.8) is 0 Å². The molecular formula is C24H23FN2O4. The van der Waals surface area contributed by atoms with E-state index >= 15 is 0 Å². The van der Waals surface area contributed by atoms with Crippen molar-refractivity contribution in [3.8, 4) is 11.5 Å². The molecule has 0 saturated heterocycles. The largest absolute Gasteiger partial charge is 0.493 e. The van der Waals surface area contributed by atoms with E-state index in [1.54, 1.807) is 55.4 Å². The molecule has 0 atom stereocenters. The quantitative estimate of drug-likeness (QED) is 0.457. The number of carbonyl (C=O) groups excluding carboxylic acids is 1. The number of nitrogens with zero attached hydrogens (tertiary/aromatic N) is 1. The molecule has 0 radical (unpaired) electrons. The summed E-state index contributed by atoms with van der Waals surface area (Å²) in [7, 11) is 3.17. The highest BCUT2D eigenvalue weighted by Crippen LogP contribution is 2.27. The monoisotopic (exact) mass is 422 g/mol. The molecule has 0 fully saturated rings. The van der Waals surface area contributed by atoms with Crippen molar-refractivity contribution in [2.75, 3.05) is 20.8 Å². The van der Waals surface area contributed by atoms with Crippen LogP contribution < -0.4 is 14.8 Å². The maximum absolute atomic E-state index is 14.2. The maximum Gasteiger partial charge on any atom is 0.268 e. The average Bonchev–Trinajstić information content (AvgIpc) is 3.37. The minimum atomic E-state index is -0.312. The molecule has 1 N–H and O–H groups in total. The number of hydrogen-bond acceptors (Lipinski definition) is 4. The number of nitrogens with one attached hydrogen (secondary N) is 1. The Hall–Kier alpha value is -3.74. The molecule has 1 amide bonds. The van der Waals surface area contributed by atoms with E-state index in [0.29, 0.717) is 41.3 Å². The van der Waals surface area contributed by atoms with Crippen molar-refractivity contribution >= 4 is 17.0 Å². The number of hydrogen-bond donors (Lipinski definition) is 1. The zero-order valence-corrected chi connectivity index (χ0v) is 17.4. The number of benzene rings is 2. The molecule has 0 bridgehead atoms. The molecule has 7 heteroatoms. The standard InChI is InChI=1S/C24H23FN2O4/c1-29-21-8-7-16(13-23(21)30-2)9-11-26-24(28)20-14-22-19(10-12-31-22)27(20)15-17-5-3-4-6-18(17)25/h3-8,10,12-14H,9,11,15H2,1-2H3,(H,26,28). The summed E-state index contributed by atoms with van der Waals surface area (Å²) in [6.45, 7) is 0.661. The Balaban J connectivity index is 1.49. The van der Waals surface area contributed by atoms with Gasteiger partial charge in [-0.3, -0.25) is 4.79 Å².